The minimum absolute atomic E-state index is 0.0874. The molecule has 0 spiro atoms. The van der Waals surface area contributed by atoms with E-state index in [4.69, 9.17) is 10.00 Å². The average molecular weight is 233 g/mol. The van der Waals surface area contributed by atoms with Crippen LogP contribution in [0.25, 0.3) is 6.08 Å². The van der Waals surface area contributed by atoms with Crippen molar-refractivity contribution in [3.8, 4) is 6.07 Å². The van der Waals surface area contributed by atoms with E-state index >= 15 is 0 Å². The van der Waals surface area contributed by atoms with Gasteiger partial charge in [0.1, 0.15) is 5.82 Å². The third kappa shape index (κ3) is 4.07. The Morgan fingerprint density at radius 1 is 1.59 bits per heavy atom. The van der Waals surface area contributed by atoms with Crippen LogP contribution in [0.4, 0.5) is 4.39 Å². The normalized spacial score (nSPS) is 10.2. The van der Waals surface area contributed by atoms with Crippen molar-refractivity contribution < 1.29 is 13.9 Å². The Labute approximate surface area is 99.1 Å². The van der Waals surface area contributed by atoms with E-state index in [1.807, 2.05) is 6.07 Å². The molecule has 3 nitrogen and oxygen atoms in total. The molecule has 0 aliphatic carbocycles. The summed E-state index contributed by atoms with van der Waals surface area (Å²) in [4.78, 5) is 11.0. The quantitative estimate of drug-likeness (QED) is 0.751. The fourth-order valence-corrected chi connectivity index (χ4v) is 1.24. The first kappa shape index (κ1) is 12.9. The smallest absolute Gasteiger partial charge is 0.309 e. The van der Waals surface area contributed by atoms with Crippen LogP contribution in [0.1, 0.15) is 24.5 Å². The fraction of sp³-hybridized carbons (Fsp3) is 0.231. The second-order valence-corrected chi connectivity index (χ2v) is 3.26. The lowest BCUT2D eigenvalue weighted by Crippen LogP contribution is -2.01. The number of nitriles is 1. The van der Waals surface area contributed by atoms with Gasteiger partial charge in [-0.25, -0.2) is 4.39 Å². The van der Waals surface area contributed by atoms with E-state index in [-0.39, 0.29) is 18.0 Å². The summed E-state index contributed by atoms with van der Waals surface area (Å²) in [5, 5.41) is 8.67. The lowest BCUT2D eigenvalue weighted by molar-refractivity contribution is -0.142. The van der Waals surface area contributed by atoms with Gasteiger partial charge in [0.15, 0.2) is 0 Å². The van der Waals surface area contributed by atoms with Crippen molar-refractivity contribution >= 4 is 12.0 Å². The maximum Gasteiger partial charge on any atom is 0.309 e. The van der Waals surface area contributed by atoms with Crippen molar-refractivity contribution in [1.29, 1.82) is 5.26 Å². The molecule has 0 saturated carbocycles. The van der Waals surface area contributed by atoms with Gasteiger partial charge in [-0.05, 0) is 25.1 Å². The summed E-state index contributed by atoms with van der Waals surface area (Å²) in [7, 11) is 0. The molecule has 0 fully saturated rings. The van der Waals surface area contributed by atoms with E-state index in [0.717, 1.165) is 0 Å². The van der Waals surface area contributed by atoms with E-state index in [9.17, 15) is 9.18 Å². The molecule has 1 aromatic carbocycles. The monoisotopic (exact) mass is 233 g/mol. The molecule has 0 amide bonds. The molecule has 0 radical (unpaired) electrons. The summed E-state index contributed by atoms with van der Waals surface area (Å²) in [6.45, 7) is 2.04. The topological polar surface area (TPSA) is 50.1 Å². The Hall–Kier alpha value is -2.15. The molecule has 0 unspecified atom stereocenters. The molecule has 0 aliphatic heterocycles. The molecule has 0 aliphatic rings. The predicted octanol–water partition coefficient (Wildman–Crippen LogP) is 2.66. The van der Waals surface area contributed by atoms with E-state index < -0.39 is 5.82 Å². The molecule has 4 heteroatoms. The molecule has 88 valence electrons. The summed E-state index contributed by atoms with van der Waals surface area (Å²) in [5.41, 5.74) is 0.663. The minimum atomic E-state index is -0.427. The van der Waals surface area contributed by atoms with Crippen molar-refractivity contribution in [3.05, 3.63) is 41.2 Å². The number of benzene rings is 1. The molecule has 0 N–H and O–H groups in total. The summed E-state index contributed by atoms with van der Waals surface area (Å²) >= 11 is 0. The highest BCUT2D eigenvalue weighted by atomic mass is 19.1. The maximum atomic E-state index is 13.3. The number of esters is 1. The van der Waals surface area contributed by atoms with Crippen molar-refractivity contribution in [2.24, 2.45) is 0 Å². The Morgan fingerprint density at radius 2 is 2.35 bits per heavy atom. The third-order valence-corrected chi connectivity index (χ3v) is 2.01. The first-order valence-electron chi connectivity index (χ1n) is 5.19. The van der Waals surface area contributed by atoms with Gasteiger partial charge >= 0.3 is 5.97 Å². The van der Waals surface area contributed by atoms with Crippen LogP contribution >= 0.6 is 0 Å². The molecular weight excluding hydrogens is 221 g/mol. The number of carbonyl (C=O) groups is 1. The number of nitrogens with zero attached hydrogens (tertiary/aromatic N) is 1. The van der Waals surface area contributed by atoms with Gasteiger partial charge in [-0.1, -0.05) is 12.2 Å². The SMILES string of the molecule is CCOC(=O)CC=Cc1cc(C#N)ccc1F. The van der Waals surface area contributed by atoms with Gasteiger partial charge in [0.05, 0.1) is 24.7 Å². The Kier molecular flexibility index (Phi) is 4.89. The van der Waals surface area contributed by atoms with Crippen LogP contribution < -0.4 is 0 Å². The molecular formula is C13H12FNO2. The zero-order valence-electron chi connectivity index (χ0n) is 9.44. The highest BCUT2D eigenvalue weighted by Crippen LogP contribution is 2.12. The number of hydrogen-bond acceptors (Lipinski definition) is 3. The zero-order chi connectivity index (χ0) is 12.7. The zero-order valence-corrected chi connectivity index (χ0v) is 9.44. The average Bonchev–Trinajstić information content (AvgIpc) is 2.32. The summed E-state index contributed by atoms with van der Waals surface area (Å²) in [6, 6.07) is 5.98. The molecule has 0 heterocycles. The predicted molar refractivity (Wildman–Crippen MR) is 61.4 cm³/mol. The number of halogens is 1. The third-order valence-electron chi connectivity index (χ3n) is 2.01. The molecule has 0 aromatic heterocycles. The van der Waals surface area contributed by atoms with Crippen LogP contribution in [-0.2, 0) is 9.53 Å². The lowest BCUT2D eigenvalue weighted by atomic mass is 10.1. The van der Waals surface area contributed by atoms with Gasteiger partial charge < -0.3 is 4.74 Å². The van der Waals surface area contributed by atoms with Crippen LogP contribution in [0.3, 0.4) is 0 Å². The first-order chi connectivity index (χ1) is 8.17. The second-order valence-electron chi connectivity index (χ2n) is 3.26. The summed E-state index contributed by atoms with van der Waals surface area (Å²) < 4.78 is 18.0. The van der Waals surface area contributed by atoms with Crippen molar-refractivity contribution in [2.45, 2.75) is 13.3 Å². The Balaban J connectivity index is 2.71. The van der Waals surface area contributed by atoms with Crippen LogP contribution in [0.5, 0.6) is 0 Å². The largest absolute Gasteiger partial charge is 0.466 e. The number of ether oxygens (including phenoxy) is 1. The van der Waals surface area contributed by atoms with Crippen LogP contribution in [0.15, 0.2) is 24.3 Å². The molecule has 0 bridgehead atoms. The van der Waals surface area contributed by atoms with Crippen molar-refractivity contribution in [2.75, 3.05) is 6.61 Å². The van der Waals surface area contributed by atoms with E-state index in [1.165, 1.54) is 30.4 Å². The van der Waals surface area contributed by atoms with Gasteiger partial charge in [-0.15, -0.1) is 0 Å². The summed E-state index contributed by atoms with van der Waals surface area (Å²) in [5.74, 6) is -0.787. The highest BCUT2D eigenvalue weighted by Gasteiger charge is 2.01. The fourth-order valence-electron chi connectivity index (χ4n) is 1.24. The highest BCUT2D eigenvalue weighted by molar-refractivity contribution is 5.72. The van der Waals surface area contributed by atoms with Gasteiger partial charge in [0.25, 0.3) is 0 Å². The van der Waals surface area contributed by atoms with Crippen molar-refractivity contribution in [3.63, 3.8) is 0 Å². The molecule has 17 heavy (non-hydrogen) atoms. The Bertz CT molecular complexity index is 475. The second kappa shape index (κ2) is 6.44. The van der Waals surface area contributed by atoms with Gasteiger partial charge in [0, 0.05) is 5.56 Å². The standard InChI is InChI=1S/C13H12FNO2/c1-2-17-13(16)5-3-4-11-8-10(9-15)6-7-12(11)14/h3-4,6-8H,2,5H2,1H3. The molecule has 1 aromatic rings. The van der Waals surface area contributed by atoms with E-state index in [2.05, 4.69) is 0 Å². The van der Waals surface area contributed by atoms with Gasteiger partial charge in [-0.3, -0.25) is 4.79 Å². The maximum absolute atomic E-state index is 13.3. The number of carbonyl (C=O) groups excluding carboxylic acids is 1. The molecule has 0 saturated heterocycles. The van der Waals surface area contributed by atoms with Crippen LogP contribution in [0.2, 0.25) is 0 Å². The lowest BCUT2D eigenvalue weighted by Gasteiger charge is -1.98. The molecule has 0 atom stereocenters. The molecule has 1 rings (SSSR count). The number of hydrogen-bond donors (Lipinski definition) is 0. The van der Waals surface area contributed by atoms with Crippen molar-refractivity contribution in [1.82, 2.24) is 0 Å². The Morgan fingerprint density at radius 3 is 3.00 bits per heavy atom. The summed E-state index contributed by atoms with van der Waals surface area (Å²) in [6.07, 6.45) is 3.06. The van der Waals surface area contributed by atoms with E-state index in [1.54, 1.807) is 6.92 Å². The van der Waals surface area contributed by atoms with Crippen LogP contribution in [-0.4, -0.2) is 12.6 Å². The minimum Gasteiger partial charge on any atom is -0.466 e. The van der Waals surface area contributed by atoms with Gasteiger partial charge in [-0.2, -0.15) is 5.26 Å². The van der Waals surface area contributed by atoms with Crippen LogP contribution in [0, 0.1) is 17.1 Å². The van der Waals surface area contributed by atoms with Gasteiger partial charge in [0.2, 0.25) is 0 Å². The number of rotatable bonds is 4. The first-order valence-corrected chi connectivity index (χ1v) is 5.19. The van der Waals surface area contributed by atoms with E-state index in [0.29, 0.717) is 12.2 Å².